The van der Waals surface area contributed by atoms with Gasteiger partial charge in [-0.1, -0.05) is 23.4 Å². The molecule has 2 rings (SSSR count). The van der Waals surface area contributed by atoms with Crippen LogP contribution >= 0.6 is 0 Å². The molecule has 0 aliphatic rings. The highest BCUT2D eigenvalue weighted by atomic mass is 16.5. The molecule has 0 saturated carbocycles. The maximum Gasteiger partial charge on any atom is 0.305 e. The standard InChI is InChI=1S/C14H15N3O4/c1-9-5-3-4-6-11(9)17(8-7-12(18)19)14(20)13-15-10(2)21-16-13/h3-6H,7-8H2,1-2H3,(H,18,19). The molecule has 1 aromatic carbocycles. The van der Waals surface area contributed by atoms with Gasteiger partial charge in [0.2, 0.25) is 5.89 Å². The molecular weight excluding hydrogens is 274 g/mol. The van der Waals surface area contributed by atoms with Crippen molar-refractivity contribution >= 4 is 17.6 Å². The lowest BCUT2D eigenvalue weighted by atomic mass is 10.1. The number of carbonyl (C=O) groups excluding carboxylic acids is 1. The molecule has 1 aromatic heterocycles. The fourth-order valence-corrected chi connectivity index (χ4v) is 1.91. The minimum absolute atomic E-state index is 0.0343. The summed E-state index contributed by atoms with van der Waals surface area (Å²) in [6.45, 7) is 3.46. The van der Waals surface area contributed by atoms with Crippen molar-refractivity contribution in [2.45, 2.75) is 20.3 Å². The van der Waals surface area contributed by atoms with Crippen LogP contribution in [0.25, 0.3) is 0 Å². The second kappa shape index (κ2) is 6.17. The largest absolute Gasteiger partial charge is 0.481 e. The molecule has 0 fully saturated rings. The SMILES string of the molecule is Cc1nc(C(=O)N(CCC(=O)O)c2ccccc2C)no1. The number of rotatable bonds is 5. The highest BCUT2D eigenvalue weighted by Crippen LogP contribution is 2.21. The normalized spacial score (nSPS) is 10.4. The van der Waals surface area contributed by atoms with Gasteiger partial charge >= 0.3 is 5.97 Å². The van der Waals surface area contributed by atoms with E-state index in [1.807, 2.05) is 19.1 Å². The molecule has 0 atom stereocenters. The van der Waals surface area contributed by atoms with E-state index in [-0.39, 0.29) is 24.7 Å². The van der Waals surface area contributed by atoms with E-state index < -0.39 is 11.9 Å². The van der Waals surface area contributed by atoms with E-state index in [2.05, 4.69) is 10.1 Å². The zero-order valence-electron chi connectivity index (χ0n) is 11.7. The van der Waals surface area contributed by atoms with Gasteiger partial charge in [0.25, 0.3) is 11.7 Å². The summed E-state index contributed by atoms with van der Waals surface area (Å²) in [6, 6.07) is 7.22. The number of benzene rings is 1. The van der Waals surface area contributed by atoms with Crippen LogP contribution in [0.3, 0.4) is 0 Å². The van der Waals surface area contributed by atoms with E-state index in [4.69, 9.17) is 9.63 Å². The van der Waals surface area contributed by atoms with Crippen LogP contribution in [0.15, 0.2) is 28.8 Å². The number of aromatic nitrogens is 2. The first kappa shape index (κ1) is 14.7. The fraction of sp³-hybridized carbons (Fsp3) is 0.286. The summed E-state index contributed by atoms with van der Waals surface area (Å²) in [6.07, 6.45) is -0.170. The van der Waals surface area contributed by atoms with Crippen LogP contribution in [0.4, 0.5) is 5.69 Å². The summed E-state index contributed by atoms with van der Waals surface area (Å²) < 4.78 is 4.80. The molecule has 0 spiro atoms. The highest BCUT2D eigenvalue weighted by Gasteiger charge is 2.24. The van der Waals surface area contributed by atoms with Crippen LogP contribution in [0.1, 0.15) is 28.5 Å². The smallest absolute Gasteiger partial charge is 0.305 e. The minimum atomic E-state index is -0.981. The Hall–Kier alpha value is -2.70. The lowest BCUT2D eigenvalue weighted by Gasteiger charge is -2.22. The van der Waals surface area contributed by atoms with Crippen LogP contribution in [-0.4, -0.2) is 33.7 Å². The zero-order chi connectivity index (χ0) is 15.4. The molecule has 0 unspecified atom stereocenters. The van der Waals surface area contributed by atoms with E-state index in [0.717, 1.165) is 5.56 Å². The third kappa shape index (κ3) is 3.44. The van der Waals surface area contributed by atoms with Crippen molar-refractivity contribution in [3.05, 3.63) is 41.5 Å². The average molecular weight is 289 g/mol. The Labute approximate surface area is 121 Å². The van der Waals surface area contributed by atoms with E-state index >= 15 is 0 Å². The zero-order valence-corrected chi connectivity index (χ0v) is 11.7. The molecule has 0 radical (unpaired) electrons. The molecule has 21 heavy (non-hydrogen) atoms. The van der Waals surface area contributed by atoms with Crippen molar-refractivity contribution in [1.82, 2.24) is 10.1 Å². The van der Waals surface area contributed by atoms with Gasteiger partial charge in [-0.25, -0.2) is 0 Å². The summed E-state index contributed by atoms with van der Waals surface area (Å²) >= 11 is 0. The Morgan fingerprint density at radius 2 is 2.00 bits per heavy atom. The number of hydrogen-bond acceptors (Lipinski definition) is 5. The summed E-state index contributed by atoms with van der Waals surface area (Å²) in [7, 11) is 0. The Kier molecular flexibility index (Phi) is 4.32. The average Bonchev–Trinajstić information content (AvgIpc) is 2.87. The lowest BCUT2D eigenvalue weighted by Crippen LogP contribution is -2.34. The van der Waals surface area contributed by atoms with Crippen LogP contribution in [0, 0.1) is 13.8 Å². The van der Waals surface area contributed by atoms with Gasteiger partial charge in [0.15, 0.2) is 0 Å². The van der Waals surface area contributed by atoms with Gasteiger partial charge in [0, 0.05) is 19.2 Å². The molecular formula is C14H15N3O4. The molecule has 0 aliphatic heterocycles. The van der Waals surface area contributed by atoms with Crippen LogP contribution in [0.2, 0.25) is 0 Å². The second-order valence-electron chi connectivity index (χ2n) is 4.52. The summed E-state index contributed by atoms with van der Waals surface area (Å²) in [4.78, 5) is 28.5. The number of amides is 1. The van der Waals surface area contributed by atoms with Crippen molar-refractivity contribution < 1.29 is 19.2 Å². The molecule has 0 bridgehead atoms. The molecule has 7 heteroatoms. The molecule has 7 nitrogen and oxygen atoms in total. The Morgan fingerprint density at radius 1 is 1.29 bits per heavy atom. The summed E-state index contributed by atoms with van der Waals surface area (Å²) in [5.74, 6) is -1.27. The third-order valence-corrected chi connectivity index (χ3v) is 2.92. The lowest BCUT2D eigenvalue weighted by molar-refractivity contribution is -0.136. The van der Waals surface area contributed by atoms with Crippen molar-refractivity contribution in [1.29, 1.82) is 0 Å². The van der Waals surface area contributed by atoms with E-state index in [0.29, 0.717) is 5.69 Å². The van der Waals surface area contributed by atoms with Gasteiger partial charge in [-0.3, -0.25) is 9.59 Å². The van der Waals surface area contributed by atoms with Crippen LogP contribution in [0.5, 0.6) is 0 Å². The monoisotopic (exact) mass is 289 g/mol. The van der Waals surface area contributed by atoms with Crippen molar-refractivity contribution in [2.75, 3.05) is 11.4 Å². The first-order chi connectivity index (χ1) is 9.99. The number of carbonyl (C=O) groups is 2. The number of hydrogen-bond donors (Lipinski definition) is 1. The number of para-hydroxylation sites is 1. The number of nitrogens with zero attached hydrogens (tertiary/aromatic N) is 3. The first-order valence-electron chi connectivity index (χ1n) is 6.38. The molecule has 1 heterocycles. The number of aliphatic carboxylic acids is 1. The molecule has 0 aliphatic carbocycles. The molecule has 1 amide bonds. The van der Waals surface area contributed by atoms with Crippen molar-refractivity contribution in [3.63, 3.8) is 0 Å². The maximum atomic E-state index is 12.5. The maximum absolute atomic E-state index is 12.5. The van der Waals surface area contributed by atoms with Gasteiger partial charge in [-0.15, -0.1) is 0 Å². The molecule has 1 N–H and O–H groups in total. The van der Waals surface area contributed by atoms with Gasteiger partial charge in [0.05, 0.1) is 6.42 Å². The number of aryl methyl sites for hydroxylation is 2. The van der Waals surface area contributed by atoms with Crippen molar-refractivity contribution in [3.8, 4) is 0 Å². The number of carboxylic acids is 1. The summed E-state index contributed by atoms with van der Waals surface area (Å²) in [5, 5.41) is 12.4. The first-order valence-corrected chi connectivity index (χ1v) is 6.38. The van der Waals surface area contributed by atoms with E-state index in [1.54, 1.807) is 19.1 Å². The van der Waals surface area contributed by atoms with Crippen LogP contribution in [-0.2, 0) is 4.79 Å². The van der Waals surface area contributed by atoms with Crippen molar-refractivity contribution in [2.24, 2.45) is 0 Å². The third-order valence-electron chi connectivity index (χ3n) is 2.92. The van der Waals surface area contributed by atoms with Gasteiger partial charge in [0.1, 0.15) is 0 Å². The minimum Gasteiger partial charge on any atom is -0.481 e. The van der Waals surface area contributed by atoms with Gasteiger partial charge in [-0.05, 0) is 18.6 Å². The predicted octanol–water partition coefficient (Wildman–Crippen LogP) is 1.81. The quantitative estimate of drug-likeness (QED) is 0.901. The van der Waals surface area contributed by atoms with Gasteiger partial charge < -0.3 is 14.5 Å². The summed E-state index contributed by atoms with van der Waals surface area (Å²) in [5.41, 5.74) is 1.49. The number of carboxylic acid groups (broad SMARTS) is 1. The predicted molar refractivity (Wildman–Crippen MR) is 74.1 cm³/mol. The van der Waals surface area contributed by atoms with Crippen LogP contribution < -0.4 is 4.90 Å². The van der Waals surface area contributed by atoms with E-state index in [1.165, 1.54) is 4.90 Å². The number of anilines is 1. The Morgan fingerprint density at radius 3 is 2.57 bits per heavy atom. The second-order valence-corrected chi connectivity index (χ2v) is 4.52. The Bertz CT molecular complexity index is 666. The molecule has 2 aromatic rings. The highest BCUT2D eigenvalue weighted by molar-refractivity contribution is 6.04. The topological polar surface area (TPSA) is 96.5 Å². The van der Waals surface area contributed by atoms with Gasteiger partial charge in [-0.2, -0.15) is 4.98 Å². The Balaban J connectivity index is 2.34. The molecule has 0 saturated heterocycles. The fourth-order valence-electron chi connectivity index (χ4n) is 1.91. The van der Waals surface area contributed by atoms with E-state index in [9.17, 15) is 9.59 Å². The molecule has 110 valence electrons.